The van der Waals surface area contributed by atoms with E-state index in [0.717, 1.165) is 18.4 Å². The molecule has 0 aliphatic heterocycles. The Morgan fingerprint density at radius 3 is 2.79 bits per heavy atom. The summed E-state index contributed by atoms with van der Waals surface area (Å²) in [5.41, 5.74) is 1.03. The molecule has 1 heterocycles. The van der Waals surface area contributed by atoms with Gasteiger partial charge in [-0.15, -0.1) is 11.3 Å². The molecule has 19 heavy (non-hydrogen) atoms. The molecule has 2 N–H and O–H groups in total. The minimum absolute atomic E-state index is 0.148. The van der Waals surface area contributed by atoms with Gasteiger partial charge in [0.25, 0.3) is 0 Å². The van der Waals surface area contributed by atoms with Crippen LogP contribution in [0.15, 0.2) is 15.7 Å². The van der Waals surface area contributed by atoms with Gasteiger partial charge in [0.05, 0.1) is 0 Å². The molecule has 0 saturated heterocycles. The molecule has 0 spiro atoms. The van der Waals surface area contributed by atoms with Gasteiger partial charge in [-0.1, -0.05) is 27.2 Å². The molecule has 108 valence electrons. The van der Waals surface area contributed by atoms with E-state index in [2.05, 4.69) is 30.8 Å². The monoisotopic (exact) mass is 302 g/mol. The average molecular weight is 302 g/mol. The molecule has 1 fully saturated rings. The lowest BCUT2D eigenvalue weighted by Crippen LogP contribution is -2.26. The van der Waals surface area contributed by atoms with E-state index in [-0.39, 0.29) is 6.04 Å². The van der Waals surface area contributed by atoms with Crippen LogP contribution in [-0.4, -0.2) is 20.5 Å². The summed E-state index contributed by atoms with van der Waals surface area (Å²) < 4.78 is 27.6. The summed E-state index contributed by atoms with van der Waals surface area (Å²) in [5, 5.41) is 5.20. The van der Waals surface area contributed by atoms with Gasteiger partial charge in [-0.2, -0.15) is 0 Å². The Morgan fingerprint density at radius 1 is 1.47 bits per heavy atom. The first-order chi connectivity index (χ1) is 8.92. The first-order valence-corrected chi connectivity index (χ1v) is 9.11. The molecule has 2 rings (SSSR count). The standard InChI is InChI=1S/C13H22N2O2S2/c1-4-11-6-12(11)15-19(16,17)13-5-10(8-18-13)7-14-9(2)3/h5,8-9,11-12,14-15H,4,6-7H2,1-3H3. The van der Waals surface area contributed by atoms with Crippen LogP contribution in [0.3, 0.4) is 0 Å². The third-order valence-corrected chi connectivity index (χ3v) is 6.34. The molecule has 4 nitrogen and oxygen atoms in total. The molecule has 2 atom stereocenters. The normalized spacial score (nSPS) is 22.9. The van der Waals surface area contributed by atoms with Gasteiger partial charge in [0.1, 0.15) is 4.21 Å². The average Bonchev–Trinajstić information content (AvgIpc) is 2.89. The van der Waals surface area contributed by atoms with Crippen LogP contribution in [0.25, 0.3) is 0 Å². The highest BCUT2D eigenvalue weighted by molar-refractivity contribution is 7.91. The van der Waals surface area contributed by atoms with Gasteiger partial charge in [0, 0.05) is 18.6 Å². The fourth-order valence-corrected chi connectivity index (χ4v) is 4.55. The molecule has 1 aromatic rings. The lowest BCUT2D eigenvalue weighted by Gasteiger charge is -2.05. The van der Waals surface area contributed by atoms with E-state index in [1.54, 1.807) is 6.07 Å². The van der Waals surface area contributed by atoms with Crippen LogP contribution in [0.2, 0.25) is 0 Å². The summed E-state index contributed by atoms with van der Waals surface area (Å²) >= 11 is 1.30. The van der Waals surface area contributed by atoms with E-state index >= 15 is 0 Å². The maximum absolute atomic E-state index is 12.2. The minimum Gasteiger partial charge on any atom is -0.310 e. The molecular formula is C13H22N2O2S2. The Balaban J connectivity index is 1.97. The van der Waals surface area contributed by atoms with Crippen LogP contribution < -0.4 is 10.0 Å². The molecule has 1 aliphatic rings. The van der Waals surface area contributed by atoms with E-state index in [4.69, 9.17) is 0 Å². The van der Waals surface area contributed by atoms with Crippen molar-refractivity contribution in [2.75, 3.05) is 0 Å². The Hall–Kier alpha value is -0.430. The summed E-state index contributed by atoms with van der Waals surface area (Å²) in [6.07, 6.45) is 2.02. The number of thiophene rings is 1. The van der Waals surface area contributed by atoms with Crippen molar-refractivity contribution in [3.05, 3.63) is 17.0 Å². The Morgan fingerprint density at radius 2 is 2.21 bits per heavy atom. The van der Waals surface area contributed by atoms with Crippen molar-refractivity contribution in [3.63, 3.8) is 0 Å². The summed E-state index contributed by atoms with van der Waals surface area (Å²) in [7, 11) is -3.32. The first kappa shape index (κ1) is 15.0. The van der Waals surface area contributed by atoms with E-state index < -0.39 is 10.0 Å². The van der Waals surface area contributed by atoms with Gasteiger partial charge in [-0.05, 0) is 29.3 Å². The number of rotatable bonds is 7. The topological polar surface area (TPSA) is 58.2 Å². The Labute approximate surface area is 119 Å². The smallest absolute Gasteiger partial charge is 0.250 e. The fraction of sp³-hybridized carbons (Fsp3) is 0.692. The van der Waals surface area contributed by atoms with E-state index in [1.807, 2.05) is 5.38 Å². The minimum atomic E-state index is -3.32. The zero-order chi connectivity index (χ0) is 14.0. The van der Waals surface area contributed by atoms with Crippen molar-refractivity contribution < 1.29 is 8.42 Å². The summed E-state index contributed by atoms with van der Waals surface area (Å²) in [5.74, 6) is 0.525. The van der Waals surface area contributed by atoms with Crippen LogP contribution in [0, 0.1) is 5.92 Å². The SMILES string of the molecule is CCC1CC1NS(=O)(=O)c1cc(CNC(C)C)cs1. The molecule has 2 unspecified atom stereocenters. The highest BCUT2D eigenvalue weighted by Crippen LogP contribution is 2.35. The second-order valence-electron chi connectivity index (χ2n) is 5.44. The highest BCUT2D eigenvalue weighted by Gasteiger charge is 2.38. The summed E-state index contributed by atoms with van der Waals surface area (Å²) in [6, 6.07) is 2.32. The van der Waals surface area contributed by atoms with Crippen LogP contribution in [0.4, 0.5) is 0 Å². The van der Waals surface area contributed by atoms with Gasteiger partial charge in [-0.3, -0.25) is 0 Å². The zero-order valence-corrected chi connectivity index (χ0v) is 13.3. The lowest BCUT2D eigenvalue weighted by atomic mass is 10.3. The largest absolute Gasteiger partial charge is 0.310 e. The second-order valence-corrected chi connectivity index (χ2v) is 8.29. The molecule has 1 saturated carbocycles. The molecular weight excluding hydrogens is 280 g/mol. The number of nitrogens with one attached hydrogen (secondary N) is 2. The zero-order valence-electron chi connectivity index (χ0n) is 11.6. The molecule has 0 amide bonds. The van der Waals surface area contributed by atoms with Crippen molar-refractivity contribution in [1.29, 1.82) is 0 Å². The van der Waals surface area contributed by atoms with Crippen LogP contribution in [0.1, 0.15) is 39.2 Å². The molecule has 0 aromatic carbocycles. The van der Waals surface area contributed by atoms with E-state index in [9.17, 15) is 8.42 Å². The van der Waals surface area contributed by atoms with E-state index in [1.165, 1.54) is 11.3 Å². The maximum Gasteiger partial charge on any atom is 0.250 e. The molecule has 1 aromatic heterocycles. The van der Waals surface area contributed by atoms with Gasteiger partial charge >= 0.3 is 0 Å². The number of sulfonamides is 1. The Kier molecular flexibility index (Phi) is 4.66. The lowest BCUT2D eigenvalue weighted by molar-refractivity contribution is 0.577. The molecule has 1 aliphatic carbocycles. The molecule has 0 radical (unpaired) electrons. The van der Waals surface area contributed by atoms with Crippen LogP contribution in [0.5, 0.6) is 0 Å². The van der Waals surface area contributed by atoms with Crippen molar-refractivity contribution >= 4 is 21.4 Å². The van der Waals surface area contributed by atoms with Gasteiger partial charge in [0.15, 0.2) is 0 Å². The quantitative estimate of drug-likeness (QED) is 0.812. The number of hydrogen-bond acceptors (Lipinski definition) is 4. The highest BCUT2D eigenvalue weighted by atomic mass is 32.2. The van der Waals surface area contributed by atoms with Crippen molar-refractivity contribution in [2.24, 2.45) is 5.92 Å². The van der Waals surface area contributed by atoms with Crippen LogP contribution >= 0.6 is 11.3 Å². The molecule has 0 bridgehead atoms. The Bertz CT molecular complexity index is 523. The van der Waals surface area contributed by atoms with Crippen molar-refractivity contribution in [1.82, 2.24) is 10.0 Å². The van der Waals surface area contributed by atoms with Crippen molar-refractivity contribution in [3.8, 4) is 0 Å². The third kappa shape index (κ3) is 4.02. The third-order valence-electron chi connectivity index (χ3n) is 3.36. The van der Waals surface area contributed by atoms with Crippen molar-refractivity contribution in [2.45, 2.75) is 56.5 Å². The summed E-state index contributed by atoms with van der Waals surface area (Å²) in [6.45, 7) is 6.96. The first-order valence-electron chi connectivity index (χ1n) is 6.75. The van der Waals surface area contributed by atoms with Gasteiger partial charge in [-0.25, -0.2) is 13.1 Å². The second kappa shape index (κ2) is 5.91. The number of hydrogen-bond donors (Lipinski definition) is 2. The van der Waals surface area contributed by atoms with E-state index in [0.29, 0.717) is 22.7 Å². The predicted molar refractivity (Wildman–Crippen MR) is 78.8 cm³/mol. The predicted octanol–water partition coefficient (Wildman–Crippen LogP) is 2.32. The summed E-state index contributed by atoms with van der Waals surface area (Å²) in [4.78, 5) is 0. The van der Waals surface area contributed by atoms with Gasteiger partial charge in [0.2, 0.25) is 10.0 Å². The molecule has 6 heteroatoms. The van der Waals surface area contributed by atoms with Crippen LogP contribution in [-0.2, 0) is 16.6 Å². The van der Waals surface area contributed by atoms with Gasteiger partial charge < -0.3 is 5.32 Å². The fourth-order valence-electron chi connectivity index (χ4n) is 2.01. The maximum atomic E-state index is 12.2.